The Hall–Kier alpha value is -3.19. The number of nitrogens with zero attached hydrogens (tertiary/aromatic N) is 3. The average molecular weight is 407 g/mol. The number of Topliss-reactive ketones (excluding diaryl/α,β-unsaturated/α-hetero) is 1. The number of anilines is 1. The predicted molar refractivity (Wildman–Crippen MR) is 113 cm³/mol. The van der Waals surface area contributed by atoms with Crippen molar-refractivity contribution in [3.05, 3.63) is 59.7 Å². The molecular weight excluding hydrogens is 382 g/mol. The zero-order valence-corrected chi connectivity index (χ0v) is 17.2. The number of amides is 2. The molecule has 1 unspecified atom stereocenters. The second-order valence-electron chi connectivity index (χ2n) is 7.63. The number of carbonyl (C=O) groups excluding carboxylic acids is 3. The molecule has 0 radical (unpaired) electrons. The van der Waals surface area contributed by atoms with E-state index in [2.05, 4.69) is 9.80 Å². The average Bonchev–Trinajstić information content (AvgIpc) is 3.04. The second-order valence-corrected chi connectivity index (χ2v) is 7.63. The molecule has 0 aromatic heterocycles. The quantitative estimate of drug-likeness (QED) is 0.683. The van der Waals surface area contributed by atoms with Crippen molar-refractivity contribution in [2.75, 3.05) is 44.7 Å². The lowest BCUT2D eigenvalue weighted by molar-refractivity contribution is -0.123. The monoisotopic (exact) mass is 407 g/mol. The van der Waals surface area contributed by atoms with E-state index in [-0.39, 0.29) is 24.1 Å². The first-order valence-electron chi connectivity index (χ1n) is 10.1. The van der Waals surface area contributed by atoms with E-state index in [1.54, 1.807) is 38.3 Å². The lowest BCUT2D eigenvalue weighted by Crippen LogP contribution is -2.51. The second kappa shape index (κ2) is 8.28. The van der Waals surface area contributed by atoms with Crippen molar-refractivity contribution < 1.29 is 19.1 Å². The molecule has 1 saturated heterocycles. The molecule has 7 heteroatoms. The van der Waals surface area contributed by atoms with Crippen LogP contribution in [0.4, 0.5) is 5.69 Å². The summed E-state index contributed by atoms with van der Waals surface area (Å²) >= 11 is 0. The maximum atomic E-state index is 12.8. The number of benzene rings is 2. The van der Waals surface area contributed by atoms with Crippen LogP contribution in [0.25, 0.3) is 0 Å². The number of carbonyl (C=O) groups is 3. The van der Waals surface area contributed by atoms with Crippen molar-refractivity contribution in [3.63, 3.8) is 0 Å². The maximum absolute atomic E-state index is 12.8. The smallest absolute Gasteiger partial charge is 0.262 e. The first kappa shape index (κ1) is 20.1. The number of rotatable bonds is 6. The van der Waals surface area contributed by atoms with Gasteiger partial charge in [-0.3, -0.25) is 24.2 Å². The van der Waals surface area contributed by atoms with Gasteiger partial charge < -0.3 is 9.64 Å². The third kappa shape index (κ3) is 3.68. The molecular formula is C23H25N3O4. The fourth-order valence-electron chi connectivity index (χ4n) is 4.01. The highest BCUT2D eigenvalue weighted by Crippen LogP contribution is 2.25. The van der Waals surface area contributed by atoms with E-state index < -0.39 is 6.04 Å². The molecule has 2 heterocycles. The molecule has 1 atom stereocenters. The van der Waals surface area contributed by atoms with Crippen LogP contribution in [0.2, 0.25) is 0 Å². The van der Waals surface area contributed by atoms with E-state index in [9.17, 15) is 14.4 Å². The minimum absolute atomic E-state index is 0.123. The van der Waals surface area contributed by atoms with Crippen molar-refractivity contribution in [3.8, 4) is 5.75 Å². The first-order valence-corrected chi connectivity index (χ1v) is 10.1. The highest BCUT2D eigenvalue weighted by atomic mass is 16.5. The number of hydrogen-bond acceptors (Lipinski definition) is 6. The number of ether oxygens (including phenoxy) is 1. The summed E-state index contributed by atoms with van der Waals surface area (Å²) in [7, 11) is 1.65. The van der Waals surface area contributed by atoms with E-state index in [0.717, 1.165) is 42.5 Å². The van der Waals surface area contributed by atoms with Gasteiger partial charge in [0.1, 0.15) is 5.75 Å². The molecule has 0 saturated carbocycles. The highest BCUT2D eigenvalue weighted by Gasteiger charge is 2.40. The van der Waals surface area contributed by atoms with Gasteiger partial charge in [-0.05, 0) is 43.3 Å². The molecule has 30 heavy (non-hydrogen) atoms. The minimum atomic E-state index is -0.781. The van der Waals surface area contributed by atoms with Gasteiger partial charge in [0.15, 0.2) is 5.78 Å². The summed E-state index contributed by atoms with van der Waals surface area (Å²) in [5.74, 6) is -0.0749. The molecule has 2 amide bonds. The standard InChI is InChI=1S/C23H25N3O4/c1-16(26-22(28)19-5-3-4-6-20(19)23(26)29)21(27)15-24-11-13-25(14-12-24)17-7-9-18(30-2)10-8-17/h3-10,16H,11-15H2,1-2H3. The summed E-state index contributed by atoms with van der Waals surface area (Å²) in [4.78, 5) is 43.5. The number of hydrogen-bond donors (Lipinski definition) is 0. The van der Waals surface area contributed by atoms with Crippen LogP contribution in [-0.4, -0.2) is 73.3 Å². The summed E-state index contributed by atoms with van der Waals surface area (Å²) in [5.41, 5.74) is 1.87. The topological polar surface area (TPSA) is 70.2 Å². The molecule has 0 spiro atoms. The summed E-state index contributed by atoms with van der Waals surface area (Å²) < 4.78 is 5.20. The van der Waals surface area contributed by atoms with Gasteiger partial charge in [-0.25, -0.2) is 0 Å². The van der Waals surface area contributed by atoms with E-state index in [4.69, 9.17) is 4.74 Å². The summed E-state index contributed by atoms with van der Waals surface area (Å²) in [6, 6.07) is 13.9. The molecule has 1 fully saturated rings. The molecule has 0 N–H and O–H groups in total. The van der Waals surface area contributed by atoms with Gasteiger partial charge in [-0.15, -0.1) is 0 Å². The molecule has 156 valence electrons. The van der Waals surface area contributed by atoms with Gasteiger partial charge in [-0.2, -0.15) is 0 Å². The number of ketones is 1. The molecule has 2 aliphatic rings. The van der Waals surface area contributed by atoms with Gasteiger partial charge in [0.25, 0.3) is 11.8 Å². The van der Waals surface area contributed by atoms with E-state index in [1.165, 1.54) is 0 Å². The minimum Gasteiger partial charge on any atom is -0.497 e. The Morgan fingerprint density at radius 1 is 0.933 bits per heavy atom. The molecule has 0 bridgehead atoms. The molecule has 4 rings (SSSR count). The van der Waals surface area contributed by atoms with Gasteiger partial charge in [0.05, 0.1) is 30.8 Å². The predicted octanol–water partition coefficient (Wildman–Crippen LogP) is 2.07. The maximum Gasteiger partial charge on any atom is 0.262 e. The van der Waals surface area contributed by atoms with Crippen molar-refractivity contribution in [1.29, 1.82) is 0 Å². The lowest BCUT2D eigenvalue weighted by atomic mass is 10.1. The molecule has 0 aliphatic carbocycles. The Kier molecular flexibility index (Phi) is 5.55. The fourth-order valence-corrected chi connectivity index (χ4v) is 4.01. The number of fused-ring (bicyclic) bond motifs is 1. The van der Waals surface area contributed by atoms with Gasteiger partial charge in [0.2, 0.25) is 0 Å². The normalized spacial score (nSPS) is 17.8. The van der Waals surface area contributed by atoms with Crippen molar-refractivity contribution in [2.24, 2.45) is 0 Å². The molecule has 2 aromatic carbocycles. The zero-order valence-electron chi connectivity index (χ0n) is 17.2. The Labute approximate surface area is 175 Å². The summed E-state index contributed by atoms with van der Waals surface area (Å²) in [6.07, 6.45) is 0. The van der Waals surface area contributed by atoms with Crippen LogP contribution in [-0.2, 0) is 4.79 Å². The van der Waals surface area contributed by atoms with Crippen molar-refractivity contribution in [1.82, 2.24) is 9.80 Å². The SMILES string of the molecule is COc1ccc(N2CCN(CC(=O)C(C)N3C(=O)c4ccccc4C3=O)CC2)cc1. The Morgan fingerprint density at radius 2 is 1.50 bits per heavy atom. The van der Waals surface area contributed by atoms with E-state index in [0.29, 0.717) is 11.1 Å². The molecule has 7 nitrogen and oxygen atoms in total. The van der Waals surface area contributed by atoms with Crippen LogP contribution in [0.1, 0.15) is 27.6 Å². The number of methoxy groups -OCH3 is 1. The van der Waals surface area contributed by atoms with Crippen LogP contribution in [0.3, 0.4) is 0 Å². The van der Waals surface area contributed by atoms with Crippen molar-refractivity contribution in [2.45, 2.75) is 13.0 Å². The van der Waals surface area contributed by atoms with Crippen LogP contribution in [0.15, 0.2) is 48.5 Å². The van der Waals surface area contributed by atoms with Crippen LogP contribution in [0.5, 0.6) is 5.75 Å². The van der Waals surface area contributed by atoms with E-state index >= 15 is 0 Å². The van der Waals surface area contributed by atoms with Crippen LogP contribution < -0.4 is 9.64 Å². The Balaban J connectivity index is 1.34. The third-order valence-electron chi connectivity index (χ3n) is 5.87. The number of imide groups is 1. The lowest BCUT2D eigenvalue weighted by Gasteiger charge is -2.36. The fraction of sp³-hybridized carbons (Fsp3) is 0.348. The Morgan fingerprint density at radius 3 is 2.03 bits per heavy atom. The molecule has 2 aromatic rings. The van der Waals surface area contributed by atoms with Gasteiger partial charge >= 0.3 is 0 Å². The number of piperazine rings is 1. The van der Waals surface area contributed by atoms with Crippen LogP contribution in [0, 0.1) is 0 Å². The molecule has 2 aliphatic heterocycles. The summed E-state index contributed by atoms with van der Waals surface area (Å²) in [6.45, 7) is 4.96. The van der Waals surface area contributed by atoms with Crippen LogP contribution >= 0.6 is 0 Å². The largest absolute Gasteiger partial charge is 0.497 e. The Bertz CT molecular complexity index is 930. The highest BCUT2D eigenvalue weighted by molar-refractivity contribution is 6.22. The zero-order chi connectivity index (χ0) is 21.3. The van der Waals surface area contributed by atoms with Crippen molar-refractivity contribution >= 4 is 23.3 Å². The van der Waals surface area contributed by atoms with Gasteiger partial charge in [-0.1, -0.05) is 12.1 Å². The van der Waals surface area contributed by atoms with Gasteiger partial charge in [0, 0.05) is 31.9 Å². The first-order chi connectivity index (χ1) is 14.5. The summed E-state index contributed by atoms with van der Waals surface area (Å²) in [5, 5.41) is 0. The van der Waals surface area contributed by atoms with E-state index in [1.807, 2.05) is 24.3 Å². The third-order valence-corrected chi connectivity index (χ3v) is 5.87.